The SMILES string of the molecule is CCC/C=C/CC/C=C/C(Cc1c(C)c(C)cc(C)c1C(=O)OCC[Si](C)(C)C)=N/OCC(=O)N1CCCCC1. The molecule has 0 bridgehead atoms. The molecule has 1 saturated heterocycles. The van der Waals surface area contributed by atoms with Gasteiger partial charge < -0.3 is 14.5 Å². The molecule has 0 unspecified atom stereocenters. The number of hydrogen-bond acceptors (Lipinski definition) is 5. The normalized spacial score (nSPS) is 14.8. The fourth-order valence-corrected chi connectivity index (χ4v) is 5.43. The highest BCUT2D eigenvalue weighted by atomic mass is 28.3. The number of benzene rings is 1. The molecule has 1 aliphatic heterocycles. The first-order valence-corrected chi connectivity index (χ1v) is 18.8. The van der Waals surface area contributed by atoms with Gasteiger partial charge in [0.25, 0.3) is 5.91 Å². The fraction of sp³-hybridized carbons (Fsp3) is 0.606. The zero-order valence-electron chi connectivity index (χ0n) is 26.1. The lowest BCUT2D eigenvalue weighted by Gasteiger charge is -2.26. The van der Waals surface area contributed by atoms with Gasteiger partial charge in [-0.3, -0.25) is 4.79 Å². The van der Waals surface area contributed by atoms with Gasteiger partial charge in [0.15, 0.2) is 6.61 Å². The molecule has 0 radical (unpaired) electrons. The number of amides is 1. The number of aryl methyl sites for hydroxylation is 2. The maximum atomic E-state index is 13.3. The molecule has 1 aromatic rings. The Bertz CT molecular complexity index is 1060. The Balaban J connectivity index is 2.26. The number of piperidine rings is 1. The van der Waals surface area contributed by atoms with Gasteiger partial charge in [-0.25, -0.2) is 4.79 Å². The van der Waals surface area contributed by atoms with Crippen LogP contribution in [0.5, 0.6) is 0 Å². The highest BCUT2D eigenvalue weighted by Crippen LogP contribution is 2.25. The molecule has 7 heteroatoms. The maximum absolute atomic E-state index is 13.3. The summed E-state index contributed by atoms with van der Waals surface area (Å²) in [4.78, 5) is 33.4. The summed E-state index contributed by atoms with van der Waals surface area (Å²) in [5.74, 6) is -0.304. The molecule has 0 aliphatic carbocycles. The van der Waals surface area contributed by atoms with Gasteiger partial charge in [-0.1, -0.05) is 62.4 Å². The Morgan fingerprint density at radius 2 is 1.65 bits per heavy atom. The molecule has 2 rings (SSSR count). The van der Waals surface area contributed by atoms with Crippen molar-refractivity contribution in [2.75, 3.05) is 26.3 Å². The van der Waals surface area contributed by atoms with Crippen LogP contribution < -0.4 is 0 Å². The zero-order chi connectivity index (χ0) is 29.5. The molecule has 1 amide bonds. The van der Waals surface area contributed by atoms with E-state index in [0.29, 0.717) is 24.3 Å². The van der Waals surface area contributed by atoms with Gasteiger partial charge in [0.1, 0.15) is 0 Å². The van der Waals surface area contributed by atoms with E-state index in [1.54, 1.807) is 0 Å². The van der Waals surface area contributed by atoms with Gasteiger partial charge in [-0.05, 0) is 93.7 Å². The lowest BCUT2D eigenvalue weighted by atomic mass is 9.90. The van der Waals surface area contributed by atoms with Crippen LogP contribution in [0.2, 0.25) is 25.7 Å². The molecule has 6 nitrogen and oxygen atoms in total. The third kappa shape index (κ3) is 11.8. The van der Waals surface area contributed by atoms with Crippen molar-refractivity contribution in [2.24, 2.45) is 5.16 Å². The summed E-state index contributed by atoms with van der Waals surface area (Å²) in [6, 6.07) is 2.98. The highest BCUT2D eigenvalue weighted by molar-refractivity contribution is 6.76. The summed E-state index contributed by atoms with van der Waals surface area (Å²) in [6.45, 7) is 17.0. The lowest BCUT2D eigenvalue weighted by molar-refractivity contribution is -0.137. The van der Waals surface area contributed by atoms with E-state index in [1.165, 1.54) is 6.42 Å². The number of nitrogens with zero attached hydrogens (tertiary/aromatic N) is 2. The zero-order valence-corrected chi connectivity index (χ0v) is 27.1. The molecule has 40 heavy (non-hydrogen) atoms. The van der Waals surface area contributed by atoms with Crippen molar-refractivity contribution in [3.05, 3.63) is 58.2 Å². The molecule has 1 aromatic carbocycles. The summed E-state index contributed by atoms with van der Waals surface area (Å²) in [5, 5.41) is 4.41. The van der Waals surface area contributed by atoms with Gasteiger partial charge in [0.2, 0.25) is 0 Å². The van der Waals surface area contributed by atoms with E-state index in [9.17, 15) is 9.59 Å². The van der Waals surface area contributed by atoms with E-state index in [4.69, 9.17) is 9.57 Å². The molecule has 0 aromatic heterocycles. The summed E-state index contributed by atoms with van der Waals surface area (Å²) in [6.07, 6.45) is 16.2. The standard InChI is InChI=1S/C33H52N2O4Si/c1-8-9-10-11-12-13-15-18-29(34-39-25-31(36)35-19-16-14-17-20-35)24-30-28(4)26(2)23-27(3)32(30)33(37)38-21-22-40(5,6)7/h10-11,15,18,23H,8-9,12-14,16-17,19-22,24-25H2,1-7H3/b11-10+,18-15+,34-29-. The summed E-state index contributed by atoms with van der Waals surface area (Å²) in [5.41, 5.74) is 5.29. The minimum Gasteiger partial charge on any atom is -0.462 e. The summed E-state index contributed by atoms with van der Waals surface area (Å²) >= 11 is 0. The number of hydrogen-bond donors (Lipinski definition) is 0. The topological polar surface area (TPSA) is 68.2 Å². The first-order valence-electron chi connectivity index (χ1n) is 15.1. The number of allylic oxidation sites excluding steroid dienone is 4. The van der Waals surface area contributed by atoms with E-state index in [-0.39, 0.29) is 18.5 Å². The molecule has 0 spiro atoms. The second kappa shape index (κ2) is 17.2. The van der Waals surface area contributed by atoms with E-state index in [1.807, 2.05) is 24.8 Å². The van der Waals surface area contributed by atoms with Crippen LogP contribution in [0.3, 0.4) is 0 Å². The van der Waals surface area contributed by atoms with Crippen molar-refractivity contribution in [3.63, 3.8) is 0 Å². The largest absolute Gasteiger partial charge is 0.462 e. The molecule has 0 atom stereocenters. The predicted octanol–water partition coefficient (Wildman–Crippen LogP) is 7.73. The third-order valence-corrected chi connectivity index (χ3v) is 9.04. The highest BCUT2D eigenvalue weighted by Gasteiger charge is 2.22. The molecule has 1 aliphatic rings. The van der Waals surface area contributed by atoms with Gasteiger partial charge in [0.05, 0.1) is 17.9 Å². The van der Waals surface area contributed by atoms with Crippen LogP contribution in [0.1, 0.15) is 84.5 Å². The molecule has 1 heterocycles. The number of ether oxygens (including phenoxy) is 1. The lowest BCUT2D eigenvalue weighted by Crippen LogP contribution is -2.37. The number of unbranched alkanes of at least 4 members (excludes halogenated alkanes) is 2. The Morgan fingerprint density at radius 3 is 2.33 bits per heavy atom. The Hall–Kier alpha value is -2.67. The van der Waals surface area contributed by atoms with E-state index in [2.05, 4.69) is 62.9 Å². The average Bonchev–Trinajstić information content (AvgIpc) is 2.90. The number of carbonyl (C=O) groups is 2. The molecular weight excluding hydrogens is 516 g/mol. The predicted molar refractivity (Wildman–Crippen MR) is 169 cm³/mol. The van der Waals surface area contributed by atoms with Crippen LogP contribution in [0, 0.1) is 20.8 Å². The smallest absolute Gasteiger partial charge is 0.338 e. The van der Waals surface area contributed by atoms with E-state index >= 15 is 0 Å². The number of esters is 1. The third-order valence-electron chi connectivity index (χ3n) is 7.33. The fourth-order valence-electron chi connectivity index (χ4n) is 4.72. The van der Waals surface area contributed by atoms with Crippen LogP contribution in [-0.2, 0) is 20.8 Å². The van der Waals surface area contributed by atoms with E-state index < -0.39 is 8.07 Å². The van der Waals surface area contributed by atoms with Crippen LogP contribution in [0.25, 0.3) is 0 Å². The maximum Gasteiger partial charge on any atom is 0.338 e. The van der Waals surface area contributed by atoms with Crippen molar-refractivity contribution in [2.45, 2.75) is 105 Å². The van der Waals surface area contributed by atoms with Gasteiger partial charge in [0, 0.05) is 27.6 Å². The van der Waals surface area contributed by atoms with Gasteiger partial charge in [-0.15, -0.1) is 0 Å². The average molecular weight is 569 g/mol. The van der Waals surface area contributed by atoms with Gasteiger partial charge in [-0.2, -0.15) is 0 Å². The van der Waals surface area contributed by atoms with Crippen molar-refractivity contribution < 1.29 is 19.2 Å². The molecule has 222 valence electrons. The molecular formula is C33H52N2O4Si. The number of rotatable bonds is 15. The minimum atomic E-state index is -1.32. The van der Waals surface area contributed by atoms with Crippen LogP contribution in [0.4, 0.5) is 0 Å². The number of carbonyl (C=O) groups excluding carboxylic acids is 2. The Kier molecular flexibility index (Phi) is 14.4. The monoisotopic (exact) mass is 568 g/mol. The Morgan fingerprint density at radius 1 is 0.975 bits per heavy atom. The number of likely N-dealkylation sites (tertiary alicyclic amines) is 1. The van der Waals surface area contributed by atoms with E-state index in [0.717, 1.165) is 79.9 Å². The first kappa shape index (κ1) is 33.5. The van der Waals surface area contributed by atoms with Crippen molar-refractivity contribution >= 4 is 25.7 Å². The molecule has 0 saturated carbocycles. The minimum absolute atomic E-state index is 0.0258. The second-order valence-corrected chi connectivity index (χ2v) is 17.8. The van der Waals surface area contributed by atoms with Crippen LogP contribution in [0.15, 0.2) is 35.5 Å². The van der Waals surface area contributed by atoms with Crippen LogP contribution in [-0.4, -0.2) is 56.9 Å². The molecule has 0 N–H and O–H groups in total. The quantitative estimate of drug-likeness (QED) is 0.0542. The summed E-state index contributed by atoms with van der Waals surface area (Å²) < 4.78 is 5.78. The summed E-state index contributed by atoms with van der Waals surface area (Å²) in [7, 11) is -1.32. The number of oxime groups is 1. The second-order valence-electron chi connectivity index (χ2n) is 12.1. The molecule has 1 fully saturated rings. The van der Waals surface area contributed by atoms with Crippen LogP contribution >= 0.6 is 0 Å². The van der Waals surface area contributed by atoms with Crippen molar-refractivity contribution in [1.29, 1.82) is 0 Å². The van der Waals surface area contributed by atoms with Crippen molar-refractivity contribution in [3.8, 4) is 0 Å². The Labute approximate surface area is 243 Å². The van der Waals surface area contributed by atoms with Gasteiger partial charge >= 0.3 is 5.97 Å². The first-order chi connectivity index (χ1) is 19.0. The van der Waals surface area contributed by atoms with Crippen molar-refractivity contribution in [1.82, 2.24) is 4.90 Å².